The summed E-state index contributed by atoms with van der Waals surface area (Å²) in [6, 6.07) is 7.96. The van der Waals surface area contributed by atoms with Gasteiger partial charge in [-0.25, -0.2) is 0 Å². The Kier molecular flexibility index (Phi) is 2.35. The van der Waals surface area contributed by atoms with Gasteiger partial charge in [-0.05, 0) is 36.1 Å². The molecule has 1 aliphatic carbocycles. The van der Waals surface area contributed by atoms with Gasteiger partial charge in [-0.1, -0.05) is 18.2 Å². The molecule has 2 heteroatoms. The zero-order chi connectivity index (χ0) is 9.97. The van der Waals surface area contributed by atoms with E-state index < -0.39 is 0 Å². The van der Waals surface area contributed by atoms with Gasteiger partial charge in [-0.15, -0.1) is 0 Å². The minimum atomic E-state index is 0.804. The van der Waals surface area contributed by atoms with Crippen LogP contribution in [0.3, 0.4) is 0 Å². The number of anilines is 1. The van der Waals surface area contributed by atoms with E-state index in [9.17, 15) is 0 Å². The molecule has 0 amide bonds. The fraction of sp³-hybridized carbons (Fsp3) is 0.250. The van der Waals surface area contributed by atoms with Gasteiger partial charge in [0.2, 0.25) is 0 Å². The lowest BCUT2D eigenvalue weighted by atomic mass is 9.92. The summed E-state index contributed by atoms with van der Waals surface area (Å²) in [7, 11) is 0. The molecule has 1 aromatic rings. The van der Waals surface area contributed by atoms with E-state index in [2.05, 4.69) is 18.2 Å². The van der Waals surface area contributed by atoms with Gasteiger partial charge < -0.3 is 11.1 Å². The number of benzene rings is 1. The number of nitrogens with two attached hydrogens (primary N) is 1. The molecular weight excluding hydrogens is 172 g/mol. The van der Waals surface area contributed by atoms with E-state index in [0.717, 1.165) is 30.7 Å². The van der Waals surface area contributed by atoms with E-state index in [1.54, 1.807) is 0 Å². The molecule has 0 atom stereocenters. The molecule has 72 valence electrons. The molecule has 2 rings (SSSR count). The van der Waals surface area contributed by atoms with Crippen molar-refractivity contribution in [1.29, 1.82) is 5.41 Å². The molecule has 0 fully saturated rings. The monoisotopic (exact) mass is 186 g/mol. The summed E-state index contributed by atoms with van der Waals surface area (Å²) in [5, 5.41) is 7.51. The van der Waals surface area contributed by atoms with Gasteiger partial charge in [0.05, 0.1) is 0 Å². The van der Waals surface area contributed by atoms with Gasteiger partial charge >= 0.3 is 0 Å². The summed E-state index contributed by atoms with van der Waals surface area (Å²) in [5.41, 5.74) is 9.86. The highest BCUT2D eigenvalue weighted by molar-refractivity contribution is 5.88. The Morgan fingerprint density at radius 2 is 1.79 bits per heavy atom. The third-order valence-electron chi connectivity index (χ3n) is 2.57. The Labute approximate surface area is 84.0 Å². The van der Waals surface area contributed by atoms with Crippen molar-refractivity contribution in [1.82, 2.24) is 0 Å². The van der Waals surface area contributed by atoms with E-state index >= 15 is 0 Å². The number of allylic oxidation sites excluding steroid dienone is 2. The van der Waals surface area contributed by atoms with Crippen LogP contribution in [0.2, 0.25) is 0 Å². The van der Waals surface area contributed by atoms with Crippen LogP contribution in [-0.2, 0) is 0 Å². The van der Waals surface area contributed by atoms with Gasteiger partial charge in [0, 0.05) is 17.8 Å². The maximum Gasteiger partial charge on any atom is 0.0314 e. The second kappa shape index (κ2) is 3.66. The summed E-state index contributed by atoms with van der Waals surface area (Å²) in [6.45, 7) is 0. The van der Waals surface area contributed by atoms with Crippen LogP contribution in [0.25, 0.3) is 5.57 Å². The second-order valence-corrected chi connectivity index (χ2v) is 3.66. The molecular formula is C12H14N2. The SMILES string of the molecule is N=C1CC=C(c2ccc(N)cc2)CC1. The fourth-order valence-electron chi connectivity index (χ4n) is 1.70. The zero-order valence-corrected chi connectivity index (χ0v) is 8.09. The molecule has 3 N–H and O–H groups in total. The molecule has 0 unspecified atom stereocenters. The fourth-order valence-corrected chi connectivity index (χ4v) is 1.70. The summed E-state index contributed by atoms with van der Waals surface area (Å²) in [4.78, 5) is 0. The number of nitrogens with one attached hydrogen (secondary N) is 1. The molecule has 0 radical (unpaired) electrons. The minimum absolute atomic E-state index is 0.804. The first-order valence-corrected chi connectivity index (χ1v) is 4.87. The Bertz CT molecular complexity index is 374. The van der Waals surface area contributed by atoms with E-state index in [1.165, 1.54) is 11.1 Å². The molecule has 0 saturated carbocycles. The molecule has 0 bridgehead atoms. The van der Waals surface area contributed by atoms with Gasteiger partial charge in [0.25, 0.3) is 0 Å². The van der Waals surface area contributed by atoms with Gasteiger partial charge in [0.1, 0.15) is 0 Å². The highest BCUT2D eigenvalue weighted by Crippen LogP contribution is 2.25. The van der Waals surface area contributed by atoms with Gasteiger partial charge in [0.15, 0.2) is 0 Å². The molecule has 0 aromatic heterocycles. The Morgan fingerprint density at radius 1 is 1.07 bits per heavy atom. The summed E-state index contributed by atoms with van der Waals surface area (Å²) in [6.07, 6.45) is 4.84. The van der Waals surface area contributed by atoms with Gasteiger partial charge in [-0.2, -0.15) is 0 Å². The predicted molar refractivity (Wildman–Crippen MR) is 60.4 cm³/mol. The first-order chi connectivity index (χ1) is 6.75. The van der Waals surface area contributed by atoms with E-state index in [1.807, 2.05) is 12.1 Å². The van der Waals surface area contributed by atoms with Crippen LogP contribution in [0.4, 0.5) is 5.69 Å². The average Bonchev–Trinajstić information content (AvgIpc) is 2.21. The smallest absolute Gasteiger partial charge is 0.0314 e. The lowest BCUT2D eigenvalue weighted by molar-refractivity contribution is 1.03. The van der Waals surface area contributed by atoms with Crippen LogP contribution >= 0.6 is 0 Å². The normalized spacial score (nSPS) is 16.6. The van der Waals surface area contributed by atoms with Crippen LogP contribution in [0.5, 0.6) is 0 Å². The Hall–Kier alpha value is -1.57. The number of nitrogen functional groups attached to an aromatic ring is 1. The van der Waals surface area contributed by atoms with Crippen molar-refractivity contribution in [2.75, 3.05) is 5.73 Å². The van der Waals surface area contributed by atoms with Crippen molar-refractivity contribution in [2.45, 2.75) is 19.3 Å². The largest absolute Gasteiger partial charge is 0.399 e. The summed E-state index contributed by atoms with van der Waals surface area (Å²) in [5.74, 6) is 0. The summed E-state index contributed by atoms with van der Waals surface area (Å²) < 4.78 is 0. The lowest BCUT2D eigenvalue weighted by Gasteiger charge is -2.13. The predicted octanol–water partition coefficient (Wildman–Crippen LogP) is 2.86. The highest BCUT2D eigenvalue weighted by atomic mass is 14.5. The van der Waals surface area contributed by atoms with E-state index in [4.69, 9.17) is 11.1 Å². The molecule has 2 nitrogen and oxygen atoms in total. The topological polar surface area (TPSA) is 49.9 Å². The van der Waals surface area contributed by atoms with Gasteiger partial charge in [-0.3, -0.25) is 0 Å². The van der Waals surface area contributed by atoms with Crippen LogP contribution in [-0.4, -0.2) is 5.71 Å². The maximum atomic E-state index is 7.51. The van der Waals surface area contributed by atoms with Crippen molar-refractivity contribution in [3.63, 3.8) is 0 Å². The first-order valence-electron chi connectivity index (χ1n) is 4.87. The quantitative estimate of drug-likeness (QED) is 0.651. The zero-order valence-electron chi connectivity index (χ0n) is 8.09. The Balaban J connectivity index is 2.23. The van der Waals surface area contributed by atoms with Crippen molar-refractivity contribution in [3.8, 4) is 0 Å². The van der Waals surface area contributed by atoms with Crippen molar-refractivity contribution >= 4 is 17.0 Å². The molecule has 0 saturated heterocycles. The molecule has 0 spiro atoms. The minimum Gasteiger partial charge on any atom is -0.399 e. The first kappa shape index (κ1) is 9.00. The molecule has 1 aliphatic rings. The molecule has 0 heterocycles. The average molecular weight is 186 g/mol. The van der Waals surface area contributed by atoms with Crippen molar-refractivity contribution in [2.24, 2.45) is 0 Å². The molecule has 1 aromatic carbocycles. The molecule has 0 aliphatic heterocycles. The second-order valence-electron chi connectivity index (χ2n) is 3.66. The van der Waals surface area contributed by atoms with Crippen LogP contribution in [0.1, 0.15) is 24.8 Å². The number of hydrogen-bond acceptors (Lipinski definition) is 2. The standard InChI is InChI=1S/C12H14N2/c13-11-5-1-9(2-6-11)10-3-7-12(14)8-4-10/h1-3,5-6,14H,4,7-8,13H2. The van der Waals surface area contributed by atoms with Crippen LogP contribution in [0, 0.1) is 5.41 Å². The third kappa shape index (κ3) is 1.84. The van der Waals surface area contributed by atoms with Crippen molar-refractivity contribution < 1.29 is 0 Å². The van der Waals surface area contributed by atoms with Crippen molar-refractivity contribution in [3.05, 3.63) is 35.9 Å². The summed E-state index contributed by atoms with van der Waals surface area (Å²) >= 11 is 0. The Morgan fingerprint density at radius 3 is 2.36 bits per heavy atom. The maximum absolute atomic E-state index is 7.51. The highest BCUT2D eigenvalue weighted by Gasteiger charge is 2.08. The molecule has 14 heavy (non-hydrogen) atoms. The lowest BCUT2D eigenvalue weighted by Crippen LogP contribution is -2.02. The third-order valence-corrected chi connectivity index (χ3v) is 2.57. The van der Waals surface area contributed by atoms with Crippen LogP contribution in [0.15, 0.2) is 30.3 Å². The number of rotatable bonds is 1. The van der Waals surface area contributed by atoms with E-state index in [0.29, 0.717) is 0 Å². The number of hydrogen-bond donors (Lipinski definition) is 2. The van der Waals surface area contributed by atoms with E-state index in [-0.39, 0.29) is 0 Å². The van der Waals surface area contributed by atoms with Crippen LogP contribution < -0.4 is 5.73 Å².